The van der Waals surface area contributed by atoms with Crippen molar-refractivity contribution in [1.82, 2.24) is 9.88 Å². The summed E-state index contributed by atoms with van der Waals surface area (Å²) < 4.78 is 16.2. The molecule has 1 saturated heterocycles. The Hall–Kier alpha value is -1.61. The summed E-state index contributed by atoms with van der Waals surface area (Å²) in [6.45, 7) is 2.70. The number of hydrogen-bond acceptors (Lipinski definition) is 1. The summed E-state index contributed by atoms with van der Waals surface area (Å²) in [5.41, 5.74) is 2.18. The van der Waals surface area contributed by atoms with Gasteiger partial charge in [0.2, 0.25) is 0 Å². The highest BCUT2D eigenvalue weighted by atomic mass is 19.1. The van der Waals surface area contributed by atoms with Gasteiger partial charge < -0.3 is 9.88 Å². The summed E-state index contributed by atoms with van der Waals surface area (Å²) in [4.78, 5) is 0. The number of piperidine rings is 1. The molecule has 1 aliphatic carbocycles. The Balaban J connectivity index is 1.62. The number of benzene rings is 1. The van der Waals surface area contributed by atoms with Crippen LogP contribution in [0.1, 0.15) is 17.5 Å². The van der Waals surface area contributed by atoms with Crippen molar-refractivity contribution < 1.29 is 4.39 Å². The van der Waals surface area contributed by atoms with Gasteiger partial charge >= 0.3 is 0 Å². The fourth-order valence-corrected chi connectivity index (χ4v) is 3.45. The number of nitrogens with one attached hydrogen (secondary N) is 1. The zero-order valence-corrected chi connectivity index (χ0v) is 10.8. The lowest BCUT2D eigenvalue weighted by molar-refractivity contribution is 0.590. The molecular weight excluding hydrogens is 239 g/mol. The lowest BCUT2D eigenvalue weighted by Crippen LogP contribution is -2.19. The number of nitrogens with zero attached hydrogens (tertiary/aromatic N) is 1. The predicted octanol–water partition coefficient (Wildman–Crippen LogP) is 2.54. The van der Waals surface area contributed by atoms with Gasteiger partial charge in [0, 0.05) is 36.5 Å². The second-order valence-corrected chi connectivity index (χ2v) is 5.85. The molecule has 0 radical (unpaired) electrons. The van der Waals surface area contributed by atoms with Crippen molar-refractivity contribution in [3.8, 4) is 0 Å². The van der Waals surface area contributed by atoms with E-state index in [2.05, 4.69) is 11.4 Å². The first-order valence-corrected chi connectivity index (χ1v) is 6.88. The second-order valence-electron chi connectivity index (χ2n) is 5.85. The van der Waals surface area contributed by atoms with Crippen molar-refractivity contribution in [1.29, 1.82) is 0 Å². The molecule has 0 bridgehead atoms. The van der Waals surface area contributed by atoms with Crippen LogP contribution in [0.25, 0.3) is 0 Å². The smallest absolute Gasteiger partial charge is 0.128 e. The van der Waals surface area contributed by atoms with Gasteiger partial charge in [-0.1, -0.05) is 12.1 Å². The molecule has 1 aliphatic heterocycles. The molecule has 2 aromatic rings. The van der Waals surface area contributed by atoms with Crippen molar-refractivity contribution >= 4 is 0 Å². The van der Waals surface area contributed by atoms with Gasteiger partial charge in [0.05, 0.1) is 0 Å². The van der Waals surface area contributed by atoms with Crippen LogP contribution in [0.15, 0.2) is 42.7 Å². The Labute approximate surface area is 112 Å². The highest BCUT2D eigenvalue weighted by Gasteiger charge is 2.58. The van der Waals surface area contributed by atoms with E-state index < -0.39 is 0 Å². The van der Waals surface area contributed by atoms with Gasteiger partial charge in [0.25, 0.3) is 0 Å². The minimum atomic E-state index is -0.0712. The Morgan fingerprint density at radius 2 is 2.16 bits per heavy atom. The van der Waals surface area contributed by atoms with Crippen LogP contribution in [0.3, 0.4) is 0 Å². The minimum Gasteiger partial charge on any atom is -0.350 e. The molecule has 2 nitrogen and oxygen atoms in total. The van der Waals surface area contributed by atoms with Crippen LogP contribution in [0.5, 0.6) is 0 Å². The van der Waals surface area contributed by atoms with Crippen LogP contribution in [0.2, 0.25) is 0 Å². The third kappa shape index (κ3) is 1.72. The van der Waals surface area contributed by atoms with E-state index in [0.717, 1.165) is 24.6 Å². The van der Waals surface area contributed by atoms with Crippen LogP contribution in [0, 0.1) is 11.7 Å². The zero-order valence-electron chi connectivity index (χ0n) is 10.8. The normalized spacial score (nSPS) is 28.4. The molecule has 0 amide bonds. The van der Waals surface area contributed by atoms with E-state index in [0.29, 0.717) is 6.54 Å². The average Bonchev–Trinajstić information content (AvgIpc) is 2.82. The molecule has 2 atom stereocenters. The summed E-state index contributed by atoms with van der Waals surface area (Å²) in [6, 6.07) is 9.75. The second kappa shape index (κ2) is 3.94. The average molecular weight is 256 g/mol. The number of rotatable bonds is 3. The van der Waals surface area contributed by atoms with E-state index in [1.807, 2.05) is 35.2 Å². The van der Waals surface area contributed by atoms with Gasteiger partial charge in [0.15, 0.2) is 0 Å². The van der Waals surface area contributed by atoms with Crippen LogP contribution in [-0.2, 0) is 12.0 Å². The molecule has 2 heterocycles. The first-order chi connectivity index (χ1) is 9.28. The van der Waals surface area contributed by atoms with Crippen LogP contribution in [0.4, 0.5) is 4.39 Å². The molecule has 19 heavy (non-hydrogen) atoms. The maximum Gasteiger partial charge on any atom is 0.128 e. The molecule has 0 spiro atoms. The van der Waals surface area contributed by atoms with Gasteiger partial charge in [-0.05, 0) is 42.6 Å². The molecule has 2 fully saturated rings. The topological polar surface area (TPSA) is 17.0 Å². The molecule has 1 saturated carbocycles. The zero-order chi connectivity index (χ0) is 12.9. The van der Waals surface area contributed by atoms with E-state index in [4.69, 9.17) is 0 Å². The van der Waals surface area contributed by atoms with Crippen molar-refractivity contribution in [2.45, 2.75) is 18.4 Å². The highest BCUT2D eigenvalue weighted by Crippen LogP contribution is 2.56. The Kier molecular flexibility index (Phi) is 2.33. The number of fused-ring (bicyclic) bond motifs is 1. The monoisotopic (exact) mass is 256 g/mol. The van der Waals surface area contributed by atoms with Crippen molar-refractivity contribution in [3.63, 3.8) is 0 Å². The first-order valence-electron chi connectivity index (χ1n) is 6.88. The van der Waals surface area contributed by atoms with Gasteiger partial charge in [-0.3, -0.25) is 0 Å². The minimum absolute atomic E-state index is 0.0712. The van der Waals surface area contributed by atoms with E-state index in [1.165, 1.54) is 12.0 Å². The molecule has 4 rings (SSSR count). The third-order valence-electron chi connectivity index (χ3n) is 4.71. The quantitative estimate of drug-likeness (QED) is 0.893. The Morgan fingerprint density at radius 3 is 2.79 bits per heavy atom. The van der Waals surface area contributed by atoms with E-state index in [9.17, 15) is 4.39 Å². The van der Waals surface area contributed by atoms with Crippen LogP contribution in [-0.4, -0.2) is 17.7 Å². The standard InChI is InChI=1S/C16H17FN2/c17-15-7-13(16-8-14(16)9-18-11-16)4-3-12(15)10-19-5-1-2-6-19/h1-7,14,18H,8-11H2/t14-,16?/m1/s1. The largest absolute Gasteiger partial charge is 0.350 e. The fourth-order valence-electron chi connectivity index (χ4n) is 3.45. The van der Waals surface area contributed by atoms with Crippen molar-refractivity contribution in [2.75, 3.05) is 13.1 Å². The lowest BCUT2D eigenvalue weighted by atomic mass is 9.94. The Morgan fingerprint density at radius 1 is 1.32 bits per heavy atom. The maximum absolute atomic E-state index is 14.3. The summed E-state index contributed by atoms with van der Waals surface area (Å²) in [7, 11) is 0. The van der Waals surface area contributed by atoms with Crippen LogP contribution < -0.4 is 5.32 Å². The van der Waals surface area contributed by atoms with Gasteiger partial charge in [-0.15, -0.1) is 0 Å². The summed E-state index contributed by atoms with van der Waals surface area (Å²) in [5, 5.41) is 3.40. The maximum atomic E-state index is 14.3. The SMILES string of the molecule is Fc1cc(C23CNC[C@H]2C3)ccc1Cn1cccc1. The number of hydrogen-bond donors (Lipinski definition) is 1. The van der Waals surface area contributed by atoms with E-state index in [-0.39, 0.29) is 11.2 Å². The molecular formula is C16H17FN2. The molecule has 1 unspecified atom stereocenters. The van der Waals surface area contributed by atoms with Gasteiger partial charge in [-0.25, -0.2) is 4.39 Å². The lowest BCUT2D eigenvalue weighted by Gasteiger charge is -2.14. The van der Waals surface area contributed by atoms with Gasteiger partial charge in [-0.2, -0.15) is 0 Å². The molecule has 3 heteroatoms. The highest BCUT2D eigenvalue weighted by molar-refractivity contribution is 5.39. The van der Waals surface area contributed by atoms with Crippen LogP contribution >= 0.6 is 0 Å². The molecule has 1 aromatic carbocycles. The molecule has 1 aromatic heterocycles. The number of halogens is 1. The summed E-state index contributed by atoms with van der Waals surface area (Å²) in [5.74, 6) is 0.653. The van der Waals surface area contributed by atoms with E-state index >= 15 is 0 Å². The Bertz CT molecular complexity index is 605. The molecule has 1 N–H and O–H groups in total. The summed E-state index contributed by atoms with van der Waals surface area (Å²) >= 11 is 0. The molecule has 98 valence electrons. The third-order valence-corrected chi connectivity index (χ3v) is 4.71. The van der Waals surface area contributed by atoms with Gasteiger partial charge in [0.1, 0.15) is 5.82 Å². The first kappa shape index (κ1) is 11.2. The fraction of sp³-hybridized carbons (Fsp3) is 0.375. The van der Waals surface area contributed by atoms with E-state index in [1.54, 1.807) is 6.07 Å². The molecule has 2 aliphatic rings. The van der Waals surface area contributed by atoms with Crippen molar-refractivity contribution in [2.24, 2.45) is 5.92 Å². The van der Waals surface area contributed by atoms with Crippen molar-refractivity contribution in [3.05, 3.63) is 59.7 Å². The number of aromatic nitrogens is 1. The predicted molar refractivity (Wildman–Crippen MR) is 72.6 cm³/mol. The summed E-state index contributed by atoms with van der Waals surface area (Å²) in [6.07, 6.45) is 5.14.